The minimum atomic E-state index is -0.776. The summed E-state index contributed by atoms with van der Waals surface area (Å²) in [6.45, 7) is 2.96. The SMILES string of the molecule is CCCC1(C(=O)O)CCN(c2ccc(Cl)cc2C(N)=O)C1. The third-order valence-electron chi connectivity index (χ3n) is 4.10. The van der Waals surface area contributed by atoms with Crippen molar-refractivity contribution in [2.75, 3.05) is 18.0 Å². The molecular formula is C15H19ClN2O3. The molecule has 0 spiro atoms. The van der Waals surface area contributed by atoms with Gasteiger partial charge in [-0.25, -0.2) is 0 Å². The molecule has 21 heavy (non-hydrogen) atoms. The molecular weight excluding hydrogens is 292 g/mol. The summed E-state index contributed by atoms with van der Waals surface area (Å²) < 4.78 is 0. The lowest BCUT2D eigenvalue weighted by atomic mass is 9.83. The van der Waals surface area contributed by atoms with Gasteiger partial charge in [0.2, 0.25) is 0 Å². The van der Waals surface area contributed by atoms with Crippen molar-refractivity contribution in [3.05, 3.63) is 28.8 Å². The van der Waals surface area contributed by atoms with Crippen LogP contribution in [0.3, 0.4) is 0 Å². The first-order chi connectivity index (χ1) is 9.89. The van der Waals surface area contributed by atoms with Crippen LogP contribution in [0.5, 0.6) is 0 Å². The molecule has 1 atom stereocenters. The second-order valence-corrected chi connectivity index (χ2v) is 5.97. The third-order valence-corrected chi connectivity index (χ3v) is 4.34. The molecule has 2 rings (SSSR count). The molecule has 1 aliphatic heterocycles. The van der Waals surface area contributed by atoms with Crippen LogP contribution in [0, 0.1) is 5.41 Å². The van der Waals surface area contributed by atoms with Gasteiger partial charge in [-0.15, -0.1) is 0 Å². The maximum Gasteiger partial charge on any atom is 0.311 e. The largest absolute Gasteiger partial charge is 0.481 e. The van der Waals surface area contributed by atoms with Gasteiger partial charge < -0.3 is 15.7 Å². The highest BCUT2D eigenvalue weighted by atomic mass is 35.5. The lowest BCUT2D eigenvalue weighted by Gasteiger charge is -2.26. The number of hydrogen-bond acceptors (Lipinski definition) is 3. The Hall–Kier alpha value is -1.75. The van der Waals surface area contributed by atoms with Crippen LogP contribution in [0.2, 0.25) is 5.02 Å². The molecule has 3 N–H and O–H groups in total. The molecule has 0 aromatic heterocycles. The topological polar surface area (TPSA) is 83.6 Å². The number of primary amides is 1. The van der Waals surface area contributed by atoms with E-state index in [0.717, 1.165) is 6.42 Å². The summed E-state index contributed by atoms with van der Waals surface area (Å²) in [5.41, 5.74) is 5.64. The fourth-order valence-corrected chi connectivity index (χ4v) is 3.20. The van der Waals surface area contributed by atoms with E-state index in [1.807, 2.05) is 11.8 Å². The van der Waals surface area contributed by atoms with Gasteiger partial charge in [0.1, 0.15) is 0 Å². The van der Waals surface area contributed by atoms with Crippen LogP contribution >= 0.6 is 11.6 Å². The number of benzene rings is 1. The molecule has 1 unspecified atom stereocenters. The summed E-state index contributed by atoms with van der Waals surface area (Å²) in [6, 6.07) is 4.94. The highest BCUT2D eigenvalue weighted by Gasteiger charge is 2.44. The molecule has 114 valence electrons. The zero-order valence-corrected chi connectivity index (χ0v) is 12.7. The van der Waals surface area contributed by atoms with Gasteiger partial charge in [-0.05, 0) is 31.0 Å². The number of nitrogens with two attached hydrogens (primary N) is 1. The summed E-state index contributed by atoms with van der Waals surface area (Å²) in [6.07, 6.45) is 2.00. The molecule has 0 saturated carbocycles. The average Bonchev–Trinajstić information content (AvgIpc) is 2.84. The normalized spacial score (nSPS) is 21.5. The monoisotopic (exact) mass is 310 g/mol. The van der Waals surface area contributed by atoms with Crippen LogP contribution in [0.1, 0.15) is 36.5 Å². The lowest BCUT2D eigenvalue weighted by Crippen LogP contribution is -2.35. The van der Waals surface area contributed by atoms with Gasteiger partial charge in [-0.3, -0.25) is 9.59 Å². The first kappa shape index (κ1) is 15.6. The van der Waals surface area contributed by atoms with E-state index in [4.69, 9.17) is 17.3 Å². The summed E-state index contributed by atoms with van der Waals surface area (Å²) in [5, 5.41) is 9.98. The fourth-order valence-electron chi connectivity index (χ4n) is 3.02. The molecule has 1 aromatic carbocycles. The van der Waals surface area contributed by atoms with Crippen molar-refractivity contribution in [2.24, 2.45) is 11.1 Å². The number of rotatable bonds is 5. The number of carbonyl (C=O) groups is 2. The number of carboxylic acid groups (broad SMARTS) is 1. The van der Waals surface area contributed by atoms with E-state index in [-0.39, 0.29) is 0 Å². The highest BCUT2D eigenvalue weighted by molar-refractivity contribution is 6.31. The predicted octanol–water partition coefficient (Wildman–Crippen LogP) is 2.52. The molecule has 1 aromatic rings. The summed E-state index contributed by atoms with van der Waals surface area (Å²) in [4.78, 5) is 25.1. The molecule has 0 bridgehead atoms. The summed E-state index contributed by atoms with van der Waals surface area (Å²) in [7, 11) is 0. The van der Waals surface area contributed by atoms with Crippen LogP contribution < -0.4 is 10.6 Å². The number of anilines is 1. The number of amides is 1. The Morgan fingerprint density at radius 3 is 2.76 bits per heavy atom. The number of halogens is 1. The molecule has 1 amide bonds. The molecule has 5 nitrogen and oxygen atoms in total. The van der Waals surface area contributed by atoms with Gasteiger partial charge in [-0.2, -0.15) is 0 Å². The van der Waals surface area contributed by atoms with Crippen molar-refractivity contribution < 1.29 is 14.7 Å². The van der Waals surface area contributed by atoms with Gasteiger partial charge in [0.15, 0.2) is 0 Å². The van der Waals surface area contributed by atoms with Gasteiger partial charge >= 0.3 is 5.97 Å². The Kier molecular flexibility index (Phi) is 4.42. The maximum absolute atomic E-state index is 11.6. The molecule has 6 heteroatoms. The van der Waals surface area contributed by atoms with Crippen molar-refractivity contribution in [1.82, 2.24) is 0 Å². The smallest absolute Gasteiger partial charge is 0.311 e. The minimum Gasteiger partial charge on any atom is -0.481 e. The third kappa shape index (κ3) is 2.97. The fraction of sp³-hybridized carbons (Fsp3) is 0.467. The van der Waals surface area contributed by atoms with Crippen LogP contribution in [0.4, 0.5) is 5.69 Å². The van der Waals surface area contributed by atoms with Gasteiger partial charge in [0, 0.05) is 23.8 Å². The Labute approximate surface area is 128 Å². The molecule has 1 saturated heterocycles. The van der Waals surface area contributed by atoms with Crippen molar-refractivity contribution in [1.29, 1.82) is 0 Å². The number of carbonyl (C=O) groups excluding carboxylic acids is 1. The Balaban J connectivity index is 2.33. The molecule has 0 radical (unpaired) electrons. The van der Waals surface area contributed by atoms with Crippen LogP contribution in [-0.4, -0.2) is 30.1 Å². The van der Waals surface area contributed by atoms with Crippen LogP contribution in [0.15, 0.2) is 18.2 Å². The molecule has 1 fully saturated rings. The van der Waals surface area contributed by atoms with E-state index in [2.05, 4.69) is 0 Å². The second-order valence-electron chi connectivity index (χ2n) is 5.53. The van der Waals surface area contributed by atoms with Gasteiger partial charge in [0.05, 0.1) is 11.0 Å². The first-order valence-corrected chi connectivity index (χ1v) is 7.35. The summed E-state index contributed by atoms with van der Waals surface area (Å²) >= 11 is 5.90. The zero-order valence-electron chi connectivity index (χ0n) is 11.9. The van der Waals surface area contributed by atoms with E-state index >= 15 is 0 Å². The van der Waals surface area contributed by atoms with Crippen LogP contribution in [0.25, 0.3) is 0 Å². The lowest BCUT2D eigenvalue weighted by molar-refractivity contribution is -0.148. The quantitative estimate of drug-likeness (QED) is 0.875. The van der Waals surface area contributed by atoms with E-state index in [1.165, 1.54) is 6.07 Å². The van der Waals surface area contributed by atoms with Crippen molar-refractivity contribution in [3.8, 4) is 0 Å². The van der Waals surface area contributed by atoms with E-state index < -0.39 is 17.3 Å². The number of aliphatic carboxylic acids is 1. The number of carboxylic acids is 1. The second kappa shape index (κ2) is 5.93. The maximum atomic E-state index is 11.6. The zero-order chi connectivity index (χ0) is 15.6. The average molecular weight is 311 g/mol. The number of hydrogen-bond donors (Lipinski definition) is 2. The molecule has 0 aliphatic carbocycles. The summed E-state index contributed by atoms with van der Waals surface area (Å²) in [5.74, 6) is -1.34. The van der Waals surface area contributed by atoms with Gasteiger partial charge in [0.25, 0.3) is 5.91 Å². The Morgan fingerprint density at radius 1 is 1.48 bits per heavy atom. The van der Waals surface area contributed by atoms with Crippen LogP contribution in [-0.2, 0) is 4.79 Å². The first-order valence-electron chi connectivity index (χ1n) is 6.97. The van der Waals surface area contributed by atoms with Gasteiger partial charge in [-0.1, -0.05) is 24.9 Å². The van der Waals surface area contributed by atoms with Crippen molar-refractivity contribution in [2.45, 2.75) is 26.2 Å². The van der Waals surface area contributed by atoms with E-state index in [0.29, 0.717) is 42.2 Å². The Morgan fingerprint density at radius 2 is 2.19 bits per heavy atom. The molecule has 1 aliphatic rings. The number of nitrogens with zero attached hydrogens (tertiary/aromatic N) is 1. The standard InChI is InChI=1S/C15H19ClN2O3/c1-2-5-15(14(20)21)6-7-18(9-15)12-4-3-10(16)8-11(12)13(17)19/h3-4,8H,2,5-7,9H2,1H3,(H2,17,19)(H,20,21). The van der Waals surface area contributed by atoms with Crippen molar-refractivity contribution >= 4 is 29.2 Å². The molecule has 1 heterocycles. The predicted molar refractivity (Wildman–Crippen MR) is 81.8 cm³/mol. The van der Waals surface area contributed by atoms with E-state index in [9.17, 15) is 14.7 Å². The van der Waals surface area contributed by atoms with E-state index in [1.54, 1.807) is 12.1 Å². The van der Waals surface area contributed by atoms with Crippen molar-refractivity contribution in [3.63, 3.8) is 0 Å². The highest BCUT2D eigenvalue weighted by Crippen LogP contribution is 2.39. The Bertz CT molecular complexity index is 576. The minimum absolute atomic E-state index is 0.334.